The van der Waals surface area contributed by atoms with Crippen molar-refractivity contribution in [1.29, 1.82) is 0 Å². The summed E-state index contributed by atoms with van der Waals surface area (Å²) >= 11 is 0. The molecule has 0 aliphatic carbocycles. The predicted molar refractivity (Wildman–Crippen MR) is 85.7 cm³/mol. The van der Waals surface area contributed by atoms with Crippen LogP contribution in [0.3, 0.4) is 0 Å². The van der Waals surface area contributed by atoms with Gasteiger partial charge >= 0.3 is 11.9 Å². The molecule has 136 valence electrons. The third-order valence-electron chi connectivity index (χ3n) is 4.35. The number of benzene rings is 1. The van der Waals surface area contributed by atoms with Gasteiger partial charge in [0, 0.05) is 13.0 Å². The Kier molecular flexibility index (Phi) is 4.70. The summed E-state index contributed by atoms with van der Waals surface area (Å²) in [5.74, 6) is -1.20. The summed E-state index contributed by atoms with van der Waals surface area (Å²) in [6, 6.07) is 3.27. The first-order chi connectivity index (χ1) is 11.8. The van der Waals surface area contributed by atoms with E-state index in [0.717, 1.165) is 4.31 Å². The highest BCUT2D eigenvalue weighted by Gasteiger charge is 2.40. The van der Waals surface area contributed by atoms with Crippen molar-refractivity contribution in [2.45, 2.75) is 43.2 Å². The number of carboxylic acids is 1. The lowest BCUT2D eigenvalue weighted by Crippen LogP contribution is -2.40. The topological polar surface area (TPSA) is 110 Å². The predicted octanol–water partition coefficient (Wildman–Crippen LogP) is 0.791. The Balaban J connectivity index is 1.85. The summed E-state index contributed by atoms with van der Waals surface area (Å²) in [4.78, 5) is 23.1. The van der Waals surface area contributed by atoms with Gasteiger partial charge in [-0.3, -0.25) is 4.79 Å². The van der Waals surface area contributed by atoms with Crippen LogP contribution in [-0.4, -0.2) is 55.1 Å². The van der Waals surface area contributed by atoms with Crippen molar-refractivity contribution >= 4 is 22.0 Å². The first-order valence-electron chi connectivity index (χ1n) is 8.05. The monoisotopic (exact) mass is 369 g/mol. The fourth-order valence-electron chi connectivity index (χ4n) is 3.16. The summed E-state index contributed by atoms with van der Waals surface area (Å²) < 4.78 is 37.0. The zero-order valence-electron chi connectivity index (χ0n) is 13.7. The summed E-state index contributed by atoms with van der Waals surface area (Å²) in [5.41, 5.74) is 0.588. The van der Waals surface area contributed by atoms with Gasteiger partial charge in [0.15, 0.2) is 6.10 Å². The second-order valence-electron chi connectivity index (χ2n) is 5.94. The van der Waals surface area contributed by atoms with Crippen molar-refractivity contribution in [3.05, 3.63) is 23.8 Å². The molecule has 1 N–H and O–H groups in total. The molecule has 0 spiro atoms. The number of ether oxygens (including phenoxy) is 2. The Bertz CT molecular complexity index is 805. The molecule has 2 aliphatic heterocycles. The van der Waals surface area contributed by atoms with E-state index in [2.05, 4.69) is 0 Å². The van der Waals surface area contributed by atoms with Crippen LogP contribution in [0.1, 0.15) is 25.3 Å². The van der Waals surface area contributed by atoms with Crippen molar-refractivity contribution in [3.63, 3.8) is 0 Å². The number of sulfonamides is 1. The molecule has 1 aromatic carbocycles. The minimum absolute atomic E-state index is 0.00695. The number of fused-ring (bicyclic) bond motifs is 1. The molecule has 0 bridgehead atoms. The van der Waals surface area contributed by atoms with Gasteiger partial charge in [-0.25, -0.2) is 13.2 Å². The molecule has 0 aromatic heterocycles. The number of carbonyl (C=O) groups excluding carboxylic acids is 1. The second kappa shape index (κ2) is 6.64. The number of hydrogen-bond acceptors (Lipinski definition) is 6. The van der Waals surface area contributed by atoms with Crippen molar-refractivity contribution in [3.8, 4) is 5.75 Å². The zero-order valence-corrected chi connectivity index (χ0v) is 14.5. The van der Waals surface area contributed by atoms with Gasteiger partial charge in [0.25, 0.3) is 0 Å². The van der Waals surface area contributed by atoms with E-state index in [1.807, 2.05) is 0 Å². The van der Waals surface area contributed by atoms with Crippen molar-refractivity contribution in [2.24, 2.45) is 0 Å². The number of esters is 1. The van der Waals surface area contributed by atoms with E-state index < -0.39 is 34.1 Å². The normalized spacial score (nSPS) is 23.1. The summed E-state index contributed by atoms with van der Waals surface area (Å²) in [7, 11) is -3.92. The van der Waals surface area contributed by atoms with Gasteiger partial charge in [0.2, 0.25) is 10.0 Å². The van der Waals surface area contributed by atoms with Crippen LogP contribution >= 0.6 is 0 Å². The Morgan fingerprint density at radius 2 is 2.16 bits per heavy atom. The number of hydrogen-bond donors (Lipinski definition) is 1. The number of rotatable bonds is 5. The third kappa shape index (κ3) is 3.21. The first-order valence-corrected chi connectivity index (χ1v) is 9.49. The molecule has 3 rings (SSSR count). The molecule has 1 fully saturated rings. The SMILES string of the molecule is CCOC(=O)C1Cc2cc(S(=O)(=O)N3CCC[C@H]3C(=O)O)ccc2O1. The maximum Gasteiger partial charge on any atom is 0.347 e. The van der Waals surface area contributed by atoms with Gasteiger partial charge in [-0.2, -0.15) is 4.31 Å². The fourth-order valence-corrected chi connectivity index (χ4v) is 4.86. The summed E-state index contributed by atoms with van der Waals surface area (Å²) in [5, 5.41) is 9.22. The molecule has 0 amide bonds. The van der Waals surface area contributed by atoms with Crippen LogP contribution < -0.4 is 4.74 Å². The quantitative estimate of drug-likeness (QED) is 0.764. The third-order valence-corrected chi connectivity index (χ3v) is 6.26. The molecule has 2 atom stereocenters. The highest BCUT2D eigenvalue weighted by molar-refractivity contribution is 7.89. The van der Waals surface area contributed by atoms with E-state index in [0.29, 0.717) is 24.2 Å². The molecule has 8 nitrogen and oxygen atoms in total. The Labute approximate surface area is 145 Å². The molecular formula is C16H19NO7S. The highest BCUT2D eigenvalue weighted by atomic mass is 32.2. The van der Waals surface area contributed by atoms with Crippen molar-refractivity contribution in [1.82, 2.24) is 4.31 Å². The number of carboxylic acid groups (broad SMARTS) is 1. The molecule has 1 saturated heterocycles. The van der Waals surface area contributed by atoms with Gasteiger partial charge in [-0.1, -0.05) is 0 Å². The minimum atomic E-state index is -3.92. The second-order valence-corrected chi connectivity index (χ2v) is 7.83. The Morgan fingerprint density at radius 3 is 2.84 bits per heavy atom. The molecule has 2 heterocycles. The van der Waals surface area contributed by atoms with Crippen LogP contribution in [0.4, 0.5) is 0 Å². The standard InChI is InChI=1S/C16H19NO7S/c1-2-23-16(20)14-9-10-8-11(5-6-13(10)24-14)25(21,22)17-7-3-4-12(17)15(18)19/h5-6,8,12,14H,2-4,7,9H2,1H3,(H,18,19)/t12-,14?/m0/s1. The van der Waals surface area contributed by atoms with E-state index >= 15 is 0 Å². The van der Waals surface area contributed by atoms with Gasteiger partial charge in [0.1, 0.15) is 11.8 Å². The smallest absolute Gasteiger partial charge is 0.347 e. The highest BCUT2D eigenvalue weighted by Crippen LogP contribution is 2.33. The summed E-state index contributed by atoms with van der Waals surface area (Å²) in [6.45, 7) is 2.11. The largest absolute Gasteiger partial charge is 0.480 e. The summed E-state index contributed by atoms with van der Waals surface area (Å²) in [6.07, 6.45) is 0.245. The van der Waals surface area contributed by atoms with E-state index in [-0.39, 0.29) is 24.5 Å². The average Bonchev–Trinajstić information content (AvgIpc) is 3.21. The van der Waals surface area contributed by atoms with Gasteiger partial charge in [-0.05, 0) is 43.5 Å². The average molecular weight is 369 g/mol. The van der Waals surface area contributed by atoms with Gasteiger partial charge in [0.05, 0.1) is 11.5 Å². The van der Waals surface area contributed by atoms with Crippen LogP contribution in [0, 0.1) is 0 Å². The van der Waals surface area contributed by atoms with Crippen molar-refractivity contribution in [2.75, 3.05) is 13.2 Å². The maximum atomic E-state index is 12.8. The minimum Gasteiger partial charge on any atom is -0.480 e. The Hall–Kier alpha value is -2.13. The van der Waals surface area contributed by atoms with Crippen LogP contribution in [0.2, 0.25) is 0 Å². The van der Waals surface area contributed by atoms with Gasteiger partial charge in [-0.15, -0.1) is 0 Å². The van der Waals surface area contributed by atoms with Crippen LogP contribution in [0.25, 0.3) is 0 Å². The molecule has 9 heteroatoms. The molecule has 0 saturated carbocycles. The zero-order chi connectivity index (χ0) is 18.2. The van der Waals surface area contributed by atoms with E-state index in [9.17, 15) is 23.1 Å². The van der Waals surface area contributed by atoms with Crippen LogP contribution in [0.5, 0.6) is 5.75 Å². The lowest BCUT2D eigenvalue weighted by Gasteiger charge is -2.21. The van der Waals surface area contributed by atoms with Crippen LogP contribution in [0.15, 0.2) is 23.1 Å². The lowest BCUT2D eigenvalue weighted by atomic mass is 10.1. The molecule has 0 radical (unpaired) electrons. The van der Waals surface area contributed by atoms with E-state index in [1.54, 1.807) is 6.92 Å². The number of carbonyl (C=O) groups is 2. The number of nitrogens with zero attached hydrogens (tertiary/aromatic N) is 1. The van der Waals surface area contributed by atoms with E-state index in [4.69, 9.17) is 9.47 Å². The number of aliphatic carboxylic acids is 1. The van der Waals surface area contributed by atoms with E-state index in [1.165, 1.54) is 18.2 Å². The molecule has 1 aromatic rings. The Morgan fingerprint density at radius 1 is 1.40 bits per heavy atom. The maximum absolute atomic E-state index is 12.8. The first kappa shape index (κ1) is 17.7. The van der Waals surface area contributed by atoms with Crippen molar-refractivity contribution < 1.29 is 32.6 Å². The fraction of sp³-hybridized carbons (Fsp3) is 0.500. The molecule has 1 unspecified atom stereocenters. The molecule has 25 heavy (non-hydrogen) atoms. The van der Waals surface area contributed by atoms with Crippen LogP contribution in [-0.2, 0) is 30.8 Å². The lowest BCUT2D eigenvalue weighted by molar-refractivity contribution is -0.150. The molecule has 2 aliphatic rings. The van der Waals surface area contributed by atoms with Gasteiger partial charge < -0.3 is 14.6 Å². The molecular weight excluding hydrogens is 350 g/mol.